The van der Waals surface area contributed by atoms with Gasteiger partial charge >= 0.3 is 32.7 Å². The number of hydrogen-bond acceptors (Lipinski definition) is 4. The van der Waals surface area contributed by atoms with Crippen molar-refractivity contribution in [2.45, 2.75) is 6.92 Å². The molecule has 0 radical (unpaired) electrons. The van der Waals surface area contributed by atoms with E-state index in [1.807, 2.05) is 12.3 Å². The Morgan fingerprint density at radius 3 is 2.62 bits per heavy atom. The zero-order valence-electron chi connectivity index (χ0n) is 8.87. The summed E-state index contributed by atoms with van der Waals surface area (Å²) in [6.45, 7) is 4.42. The fourth-order valence-electron chi connectivity index (χ4n) is 0.787. The van der Waals surface area contributed by atoms with Crippen molar-refractivity contribution < 1.29 is 37.5 Å². The summed E-state index contributed by atoms with van der Waals surface area (Å²) in [5.74, 6) is 0.644. The van der Waals surface area contributed by atoms with Crippen LogP contribution in [0.2, 0.25) is 0 Å². The molecule has 0 saturated carbocycles. The fraction of sp³-hybridized carbons (Fsp3) is 0.100. The van der Waals surface area contributed by atoms with E-state index in [1.54, 1.807) is 23.1 Å². The maximum Gasteiger partial charge on any atom is 3.00 e. The van der Waals surface area contributed by atoms with Crippen LogP contribution in [0.25, 0.3) is 5.82 Å². The molecule has 0 bridgehead atoms. The molecular weight excluding hydrogens is 281 g/mol. The second-order valence-electron chi connectivity index (χ2n) is 2.67. The summed E-state index contributed by atoms with van der Waals surface area (Å²) in [6, 6.07) is 3.60. The number of aromatic nitrogens is 4. The number of hydrogen-bond donors (Lipinski definition) is 0. The van der Waals surface area contributed by atoms with Crippen molar-refractivity contribution >= 4 is 5.78 Å². The predicted octanol–water partition coefficient (Wildman–Crippen LogP) is 0.869. The molecule has 2 aromatic rings. The van der Waals surface area contributed by atoms with Gasteiger partial charge in [0, 0.05) is 24.5 Å². The Labute approximate surface area is 119 Å². The molecule has 78 valence electrons. The Morgan fingerprint density at radius 1 is 1.50 bits per heavy atom. The average Bonchev–Trinajstić information content (AvgIpc) is 2.71. The third-order valence-electron chi connectivity index (χ3n) is 1.26. The summed E-state index contributed by atoms with van der Waals surface area (Å²) in [5, 5.41) is 3.99. The molecule has 0 atom stereocenters. The van der Waals surface area contributed by atoms with Crippen LogP contribution >= 0.6 is 0 Å². The van der Waals surface area contributed by atoms with Crippen molar-refractivity contribution in [3.8, 4) is 5.82 Å². The third-order valence-corrected chi connectivity index (χ3v) is 1.26. The van der Waals surface area contributed by atoms with Gasteiger partial charge in [0.1, 0.15) is 0 Å². The third kappa shape index (κ3) is 5.73. The van der Waals surface area contributed by atoms with E-state index in [4.69, 9.17) is 0 Å². The van der Waals surface area contributed by atoms with Crippen LogP contribution in [-0.2, 0) is 37.5 Å². The Balaban J connectivity index is 0.000000397. The van der Waals surface area contributed by atoms with E-state index >= 15 is 0 Å². The molecule has 0 spiro atoms. The molecule has 6 heteroatoms. The summed E-state index contributed by atoms with van der Waals surface area (Å²) in [7, 11) is 0. The number of rotatable bonds is 1. The van der Waals surface area contributed by atoms with Gasteiger partial charge in [-0.25, -0.2) is 0 Å². The smallest absolute Gasteiger partial charge is 0.374 e. The van der Waals surface area contributed by atoms with Crippen molar-refractivity contribution in [1.29, 1.82) is 0 Å². The summed E-state index contributed by atoms with van der Waals surface area (Å²) >= 11 is 0. The van der Waals surface area contributed by atoms with Crippen LogP contribution in [0.5, 0.6) is 0 Å². The van der Waals surface area contributed by atoms with Crippen molar-refractivity contribution in [1.82, 2.24) is 19.7 Å². The van der Waals surface area contributed by atoms with Gasteiger partial charge in [-0.3, -0.25) is 4.68 Å². The molecule has 0 aromatic carbocycles. The minimum absolute atomic E-state index is 0. The summed E-state index contributed by atoms with van der Waals surface area (Å²) in [5.41, 5.74) is 0. The molecule has 2 aromatic heterocycles. The normalized spacial score (nSPS) is 8.31. The maximum absolute atomic E-state index is 9.33. The van der Waals surface area contributed by atoms with Gasteiger partial charge in [0.25, 0.3) is 0 Å². The number of carbonyl (C=O) groups excluding carboxylic acids is 1. The van der Waals surface area contributed by atoms with Gasteiger partial charge in [0.2, 0.25) is 0 Å². The summed E-state index contributed by atoms with van der Waals surface area (Å²) in [4.78, 5) is 16.9. The van der Waals surface area contributed by atoms with Crippen LogP contribution in [0.1, 0.15) is 6.92 Å². The van der Waals surface area contributed by atoms with Gasteiger partial charge < -0.3 is 21.7 Å². The van der Waals surface area contributed by atoms with E-state index in [1.165, 1.54) is 6.92 Å². The van der Waals surface area contributed by atoms with Crippen LogP contribution in [0.15, 0.2) is 30.7 Å². The van der Waals surface area contributed by atoms with E-state index in [9.17, 15) is 4.79 Å². The van der Waals surface area contributed by atoms with E-state index in [2.05, 4.69) is 28.3 Å². The fourth-order valence-corrected chi connectivity index (χ4v) is 0.787. The van der Waals surface area contributed by atoms with Gasteiger partial charge in [0.05, 0.1) is 0 Å². The van der Waals surface area contributed by atoms with Gasteiger partial charge in [-0.05, 0) is 18.8 Å². The zero-order valence-corrected chi connectivity index (χ0v) is 11.7. The number of carbonyl (C=O) groups is 1. The second kappa shape index (κ2) is 8.13. The van der Waals surface area contributed by atoms with Crippen LogP contribution < -0.4 is 0 Å². The van der Waals surface area contributed by atoms with Crippen molar-refractivity contribution in [3.63, 3.8) is 0 Å². The van der Waals surface area contributed by atoms with Crippen molar-refractivity contribution in [2.24, 2.45) is 0 Å². The largest absolute Gasteiger partial charge is 3.00 e. The predicted molar refractivity (Wildman–Crippen MR) is 54.0 cm³/mol. The van der Waals surface area contributed by atoms with Crippen LogP contribution in [0.4, 0.5) is 0 Å². The molecule has 0 unspecified atom stereocenters. The molecule has 0 aliphatic rings. The molecule has 0 aliphatic carbocycles. The minimum atomic E-state index is -0.0833. The van der Waals surface area contributed by atoms with Crippen molar-refractivity contribution in [2.75, 3.05) is 0 Å². The van der Waals surface area contributed by atoms with Gasteiger partial charge in [-0.2, -0.15) is 5.10 Å². The monoisotopic (exact) mass is 291 g/mol. The number of ketones is 1. The van der Waals surface area contributed by atoms with Gasteiger partial charge in [0.15, 0.2) is 0 Å². The topological polar surface area (TPSA) is 60.7 Å². The quantitative estimate of drug-likeness (QED) is 0.731. The first-order chi connectivity index (χ1) is 7.20. The SMILES string of the molecule is [CH2-]C(C)=O.[Y+3].[c-]1nccc(-n2cccn2)n1. The molecule has 2 heterocycles. The Hall–Kier alpha value is -1.07. The number of Topliss-reactive ketones (excluding diaryl/α,β-unsaturated/α-hetero) is 1. The first-order valence-electron chi connectivity index (χ1n) is 4.22. The van der Waals surface area contributed by atoms with Crippen LogP contribution in [-0.4, -0.2) is 25.5 Å². The molecular formula is C10H10N4OY+. The van der Waals surface area contributed by atoms with Crippen molar-refractivity contribution in [3.05, 3.63) is 44.0 Å². The Kier molecular flexibility index (Phi) is 7.59. The molecule has 0 aliphatic heterocycles. The average molecular weight is 291 g/mol. The molecule has 0 saturated heterocycles. The number of nitrogens with zero attached hydrogens (tertiary/aromatic N) is 4. The Bertz CT molecular complexity index is 398. The summed E-state index contributed by atoms with van der Waals surface area (Å²) in [6.07, 6.45) is 7.63. The van der Waals surface area contributed by atoms with E-state index in [-0.39, 0.29) is 38.5 Å². The Morgan fingerprint density at radius 2 is 2.19 bits per heavy atom. The summed E-state index contributed by atoms with van der Waals surface area (Å²) < 4.78 is 1.65. The first-order valence-corrected chi connectivity index (χ1v) is 4.22. The van der Waals surface area contributed by atoms with E-state index < -0.39 is 0 Å². The van der Waals surface area contributed by atoms with E-state index in [0.29, 0.717) is 0 Å². The second-order valence-corrected chi connectivity index (χ2v) is 2.67. The zero-order chi connectivity index (χ0) is 11.1. The standard InChI is InChI=1S/C7H5N4.C3H5O.Y/c1-3-10-11(5-1)7-2-4-8-6-9-7;1-3(2)4;/h1-5H;1H2,2H3;/q2*-1;+3. The van der Waals surface area contributed by atoms with Crippen LogP contribution in [0, 0.1) is 13.3 Å². The first kappa shape index (κ1) is 14.9. The van der Waals surface area contributed by atoms with Crippen LogP contribution in [0.3, 0.4) is 0 Å². The van der Waals surface area contributed by atoms with E-state index in [0.717, 1.165) is 5.82 Å². The maximum atomic E-state index is 9.33. The molecule has 2 rings (SSSR count). The molecule has 0 N–H and O–H groups in total. The molecule has 0 amide bonds. The molecule has 0 fully saturated rings. The van der Waals surface area contributed by atoms with Gasteiger partial charge in [-0.15, -0.1) is 6.07 Å². The van der Waals surface area contributed by atoms with Gasteiger partial charge in [-0.1, -0.05) is 6.20 Å². The minimum Gasteiger partial charge on any atom is -0.374 e. The molecule has 5 nitrogen and oxygen atoms in total. The molecule has 16 heavy (non-hydrogen) atoms.